The SMILES string of the molecule is CN(C)CCC(NN)c1ccccc1F. The van der Waals surface area contributed by atoms with Crippen LogP contribution in [0.25, 0.3) is 0 Å². The molecule has 0 saturated carbocycles. The quantitative estimate of drug-likeness (QED) is 0.569. The fraction of sp³-hybridized carbons (Fsp3) is 0.455. The average molecular weight is 211 g/mol. The van der Waals surface area contributed by atoms with Gasteiger partial charge in [0.2, 0.25) is 0 Å². The Morgan fingerprint density at radius 2 is 2.07 bits per heavy atom. The molecule has 3 N–H and O–H groups in total. The maximum absolute atomic E-state index is 13.4. The van der Waals surface area contributed by atoms with Gasteiger partial charge < -0.3 is 4.90 Å². The molecule has 84 valence electrons. The monoisotopic (exact) mass is 211 g/mol. The van der Waals surface area contributed by atoms with E-state index in [1.54, 1.807) is 12.1 Å². The van der Waals surface area contributed by atoms with Gasteiger partial charge in [-0.3, -0.25) is 11.3 Å². The van der Waals surface area contributed by atoms with Crippen molar-refractivity contribution in [3.63, 3.8) is 0 Å². The molecule has 1 atom stereocenters. The van der Waals surface area contributed by atoms with Crippen LogP contribution in [0.3, 0.4) is 0 Å². The molecule has 0 aliphatic heterocycles. The third kappa shape index (κ3) is 3.58. The third-order valence-corrected chi connectivity index (χ3v) is 2.35. The number of nitrogens with zero attached hydrogens (tertiary/aromatic N) is 1. The molecule has 0 fully saturated rings. The topological polar surface area (TPSA) is 41.3 Å². The predicted molar refractivity (Wildman–Crippen MR) is 59.6 cm³/mol. The van der Waals surface area contributed by atoms with Gasteiger partial charge in [0.1, 0.15) is 5.82 Å². The van der Waals surface area contributed by atoms with E-state index in [1.165, 1.54) is 6.07 Å². The normalized spacial score (nSPS) is 13.1. The third-order valence-electron chi connectivity index (χ3n) is 2.35. The van der Waals surface area contributed by atoms with Crippen LogP contribution in [0.2, 0.25) is 0 Å². The summed E-state index contributed by atoms with van der Waals surface area (Å²) in [6.07, 6.45) is 0.782. The molecule has 0 bridgehead atoms. The summed E-state index contributed by atoms with van der Waals surface area (Å²) in [5.41, 5.74) is 3.27. The van der Waals surface area contributed by atoms with Gasteiger partial charge in [-0.15, -0.1) is 0 Å². The summed E-state index contributed by atoms with van der Waals surface area (Å²) in [4.78, 5) is 2.05. The number of nitrogens with one attached hydrogen (secondary N) is 1. The zero-order valence-corrected chi connectivity index (χ0v) is 9.20. The number of hydrogen-bond acceptors (Lipinski definition) is 3. The van der Waals surface area contributed by atoms with Crippen molar-refractivity contribution in [1.29, 1.82) is 0 Å². The molecule has 0 aliphatic carbocycles. The molecule has 0 spiro atoms. The average Bonchev–Trinajstić information content (AvgIpc) is 2.21. The number of halogens is 1. The van der Waals surface area contributed by atoms with Crippen LogP contribution in [0.5, 0.6) is 0 Å². The van der Waals surface area contributed by atoms with E-state index < -0.39 is 0 Å². The Hall–Kier alpha value is -0.970. The van der Waals surface area contributed by atoms with E-state index in [2.05, 4.69) is 5.43 Å². The van der Waals surface area contributed by atoms with Crippen LogP contribution in [0.15, 0.2) is 24.3 Å². The van der Waals surface area contributed by atoms with Crippen LogP contribution in [0.4, 0.5) is 4.39 Å². The molecule has 4 heteroatoms. The second kappa shape index (κ2) is 5.80. The highest BCUT2D eigenvalue weighted by Crippen LogP contribution is 2.18. The molecule has 1 rings (SSSR count). The first-order valence-corrected chi connectivity index (χ1v) is 5.00. The lowest BCUT2D eigenvalue weighted by atomic mass is 10.0. The van der Waals surface area contributed by atoms with E-state index in [0.717, 1.165) is 13.0 Å². The van der Waals surface area contributed by atoms with Crippen molar-refractivity contribution in [2.45, 2.75) is 12.5 Å². The summed E-state index contributed by atoms with van der Waals surface area (Å²) < 4.78 is 13.4. The molecule has 0 saturated heterocycles. The van der Waals surface area contributed by atoms with Crippen molar-refractivity contribution in [3.05, 3.63) is 35.6 Å². The second-order valence-corrected chi connectivity index (χ2v) is 3.83. The molecule has 0 heterocycles. The van der Waals surface area contributed by atoms with Gasteiger partial charge >= 0.3 is 0 Å². The van der Waals surface area contributed by atoms with Crippen molar-refractivity contribution in [1.82, 2.24) is 10.3 Å². The van der Waals surface area contributed by atoms with Crippen LogP contribution in [-0.2, 0) is 0 Å². The van der Waals surface area contributed by atoms with Gasteiger partial charge in [-0.05, 0) is 33.1 Å². The Labute approximate surface area is 90.0 Å². The van der Waals surface area contributed by atoms with Crippen LogP contribution < -0.4 is 11.3 Å². The van der Waals surface area contributed by atoms with E-state index in [0.29, 0.717) is 5.56 Å². The Morgan fingerprint density at radius 3 is 2.60 bits per heavy atom. The number of hydrogen-bond donors (Lipinski definition) is 2. The van der Waals surface area contributed by atoms with Gasteiger partial charge in [-0.1, -0.05) is 18.2 Å². The van der Waals surface area contributed by atoms with E-state index in [1.807, 2.05) is 25.1 Å². The first-order valence-electron chi connectivity index (χ1n) is 5.00. The molecule has 1 unspecified atom stereocenters. The number of hydrazine groups is 1. The Bertz CT molecular complexity index is 302. The maximum atomic E-state index is 13.4. The lowest BCUT2D eigenvalue weighted by Gasteiger charge is -2.19. The number of nitrogens with two attached hydrogens (primary N) is 1. The minimum Gasteiger partial charge on any atom is -0.309 e. The van der Waals surface area contributed by atoms with E-state index >= 15 is 0 Å². The van der Waals surface area contributed by atoms with E-state index in [4.69, 9.17) is 5.84 Å². The molecule has 0 amide bonds. The molecule has 0 aromatic heterocycles. The Balaban J connectivity index is 2.70. The van der Waals surface area contributed by atoms with Crippen molar-refractivity contribution in [2.24, 2.45) is 5.84 Å². The standard InChI is InChI=1S/C11H18FN3/c1-15(2)8-7-11(14-13)9-5-3-4-6-10(9)12/h3-6,11,14H,7-8,13H2,1-2H3. The van der Waals surface area contributed by atoms with Crippen LogP contribution in [0.1, 0.15) is 18.0 Å². The maximum Gasteiger partial charge on any atom is 0.128 e. The number of rotatable bonds is 5. The van der Waals surface area contributed by atoms with Crippen LogP contribution in [0, 0.1) is 5.82 Å². The summed E-state index contributed by atoms with van der Waals surface area (Å²) >= 11 is 0. The van der Waals surface area contributed by atoms with Crippen molar-refractivity contribution >= 4 is 0 Å². The number of benzene rings is 1. The highest BCUT2D eigenvalue weighted by molar-refractivity contribution is 5.20. The molecular formula is C11H18FN3. The Morgan fingerprint density at radius 1 is 1.40 bits per heavy atom. The van der Waals surface area contributed by atoms with Crippen molar-refractivity contribution < 1.29 is 4.39 Å². The van der Waals surface area contributed by atoms with Gasteiger partial charge in [0.15, 0.2) is 0 Å². The first-order chi connectivity index (χ1) is 7.15. The lowest BCUT2D eigenvalue weighted by molar-refractivity contribution is 0.358. The molecule has 3 nitrogen and oxygen atoms in total. The fourth-order valence-corrected chi connectivity index (χ4v) is 1.47. The summed E-state index contributed by atoms with van der Waals surface area (Å²) in [7, 11) is 3.96. The van der Waals surface area contributed by atoms with Gasteiger partial charge in [0, 0.05) is 5.56 Å². The van der Waals surface area contributed by atoms with Crippen molar-refractivity contribution in [2.75, 3.05) is 20.6 Å². The first kappa shape index (κ1) is 12.1. The van der Waals surface area contributed by atoms with Crippen LogP contribution >= 0.6 is 0 Å². The smallest absolute Gasteiger partial charge is 0.128 e. The highest BCUT2D eigenvalue weighted by atomic mass is 19.1. The minimum absolute atomic E-state index is 0.131. The molecule has 15 heavy (non-hydrogen) atoms. The van der Waals surface area contributed by atoms with Gasteiger partial charge in [0.25, 0.3) is 0 Å². The summed E-state index contributed by atoms with van der Waals surface area (Å²) in [5, 5.41) is 0. The molecule has 1 aromatic carbocycles. The highest BCUT2D eigenvalue weighted by Gasteiger charge is 2.13. The van der Waals surface area contributed by atoms with Crippen LogP contribution in [-0.4, -0.2) is 25.5 Å². The summed E-state index contributed by atoms with van der Waals surface area (Å²) in [6, 6.07) is 6.58. The molecular weight excluding hydrogens is 193 g/mol. The second-order valence-electron chi connectivity index (χ2n) is 3.83. The van der Waals surface area contributed by atoms with E-state index in [-0.39, 0.29) is 11.9 Å². The zero-order chi connectivity index (χ0) is 11.3. The predicted octanol–water partition coefficient (Wildman–Crippen LogP) is 1.28. The van der Waals surface area contributed by atoms with Crippen molar-refractivity contribution in [3.8, 4) is 0 Å². The zero-order valence-electron chi connectivity index (χ0n) is 9.20. The minimum atomic E-state index is -0.209. The Kier molecular flexibility index (Phi) is 4.68. The molecule has 0 aliphatic rings. The summed E-state index contributed by atoms with van der Waals surface area (Å²) in [5.74, 6) is 5.22. The van der Waals surface area contributed by atoms with Gasteiger partial charge in [0.05, 0.1) is 6.04 Å². The largest absolute Gasteiger partial charge is 0.309 e. The van der Waals surface area contributed by atoms with Gasteiger partial charge in [-0.2, -0.15) is 0 Å². The summed E-state index contributed by atoms with van der Waals surface area (Å²) in [6.45, 7) is 0.864. The van der Waals surface area contributed by atoms with Gasteiger partial charge in [-0.25, -0.2) is 4.39 Å². The fourth-order valence-electron chi connectivity index (χ4n) is 1.47. The molecule has 0 radical (unpaired) electrons. The van der Waals surface area contributed by atoms with E-state index in [9.17, 15) is 4.39 Å². The molecule has 1 aromatic rings. The lowest BCUT2D eigenvalue weighted by Crippen LogP contribution is -2.31.